The van der Waals surface area contributed by atoms with Crippen molar-refractivity contribution in [3.63, 3.8) is 0 Å². The molecule has 3 aliphatic carbocycles. The first-order valence-electron chi connectivity index (χ1n) is 19.2. The average molecular weight is 677 g/mol. The zero-order chi connectivity index (χ0) is 34.2. The van der Waals surface area contributed by atoms with Crippen LogP contribution in [0.15, 0.2) is 72.8 Å². The van der Waals surface area contributed by atoms with Crippen LogP contribution in [0.5, 0.6) is 11.5 Å². The van der Waals surface area contributed by atoms with Gasteiger partial charge in [0, 0.05) is 54.4 Å². The quantitative estimate of drug-likeness (QED) is 0.141. The van der Waals surface area contributed by atoms with Crippen molar-refractivity contribution in [1.82, 2.24) is 9.80 Å². The predicted molar refractivity (Wildman–Crippen MR) is 194 cm³/mol. The number of methoxy groups -OCH3 is 1. The molecule has 7 atom stereocenters. The van der Waals surface area contributed by atoms with Gasteiger partial charge in [0.1, 0.15) is 6.10 Å². The number of unbranched alkanes of at least 4 members (excludes halogenated alkanes) is 2. The van der Waals surface area contributed by atoms with Gasteiger partial charge in [-0.3, -0.25) is 14.5 Å². The number of likely N-dealkylation sites (tertiary alicyclic amines) is 1. The first-order chi connectivity index (χ1) is 24.5. The highest BCUT2D eigenvalue weighted by atomic mass is 16.5. The number of amides is 1. The standard InChI is InChI=1S/C43H52N2O5/c1-49-38-22-19-31-26-35-33-20-21-34(42-43(33,40(31)41(38)50-42)23-25-44(35)28-32-27-37(32)47)45(24-11-10-14-29-12-4-2-5-13-29)39(48)18-9-8-17-36(46)30-15-6-3-7-16-30/h2-7,12-13,15-16,19,22,32-35,37,42,47H,8-11,14,17-18,20-21,23-28H2,1H3/t32?,33-,34+,35+,37?,42-,43-/m0/s1. The van der Waals surface area contributed by atoms with Gasteiger partial charge < -0.3 is 19.5 Å². The first kappa shape index (κ1) is 33.5. The summed E-state index contributed by atoms with van der Waals surface area (Å²) in [6, 6.07) is 24.8. The third kappa shape index (κ3) is 6.15. The number of carbonyl (C=O) groups excluding carboxylic acids is 2. The van der Waals surface area contributed by atoms with E-state index in [2.05, 4.69) is 52.3 Å². The number of hydrogen-bond donors (Lipinski definition) is 1. The maximum Gasteiger partial charge on any atom is 0.222 e. The summed E-state index contributed by atoms with van der Waals surface area (Å²) in [7, 11) is 1.73. The van der Waals surface area contributed by atoms with Crippen LogP contribution in [0.1, 0.15) is 91.3 Å². The molecule has 3 aromatic rings. The number of benzene rings is 3. The Morgan fingerprint density at radius 2 is 1.72 bits per heavy atom. The SMILES string of the molecule is COc1ccc2c3c1O[C@H]1[C@H](N(CCCCc4ccccc4)C(=O)CCCCC(=O)c4ccccc4)CC[C@H]4[C@@H](C2)N(CC2CC2O)CC[C@@]341. The molecule has 50 heavy (non-hydrogen) atoms. The number of rotatable bonds is 15. The normalized spacial score (nSPS) is 28.8. The van der Waals surface area contributed by atoms with Gasteiger partial charge >= 0.3 is 0 Å². The van der Waals surface area contributed by atoms with E-state index in [0.717, 1.165) is 88.1 Å². The lowest BCUT2D eigenvalue weighted by atomic mass is 9.51. The number of carbonyl (C=O) groups is 2. The number of aliphatic hydroxyl groups is 1. The molecule has 8 rings (SSSR count). The second-order valence-corrected chi connectivity index (χ2v) is 15.6. The van der Waals surface area contributed by atoms with Crippen molar-refractivity contribution in [1.29, 1.82) is 0 Å². The average Bonchev–Trinajstić information content (AvgIpc) is 3.73. The van der Waals surface area contributed by atoms with Crippen LogP contribution in [0.25, 0.3) is 0 Å². The monoisotopic (exact) mass is 676 g/mol. The molecule has 3 fully saturated rings. The molecule has 1 saturated heterocycles. The molecule has 1 amide bonds. The molecule has 1 spiro atoms. The summed E-state index contributed by atoms with van der Waals surface area (Å²) >= 11 is 0. The highest BCUT2D eigenvalue weighted by Gasteiger charge is 2.67. The van der Waals surface area contributed by atoms with E-state index in [4.69, 9.17) is 9.47 Å². The van der Waals surface area contributed by atoms with E-state index in [1.54, 1.807) is 7.11 Å². The largest absolute Gasteiger partial charge is 0.493 e. The summed E-state index contributed by atoms with van der Waals surface area (Å²) in [4.78, 5) is 32.0. The summed E-state index contributed by atoms with van der Waals surface area (Å²) in [6.45, 7) is 2.69. The van der Waals surface area contributed by atoms with E-state index < -0.39 is 0 Å². The lowest BCUT2D eigenvalue weighted by molar-refractivity contribution is -0.143. The van der Waals surface area contributed by atoms with Crippen molar-refractivity contribution in [2.45, 2.75) is 107 Å². The van der Waals surface area contributed by atoms with Crippen LogP contribution < -0.4 is 9.47 Å². The molecule has 2 heterocycles. The highest BCUT2D eigenvalue weighted by Crippen LogP contribution is 2.64. The number of aliphatic hydroxyl groups excluding tert-OH is 1. The van der Waals surface area contributed by atoms with Gasteiger partial charge in [0.25, 0.3) is 0 Å². The second-order valence-electron chi connectivity index (χ2n) is 15.6. The van der Waals surface area contributed by atoms with E-state index in [0.29, 0.717) is 43.6 Å². The molecule has 264 valence electrons. The Morgan fingerprint density at radius 3 is 2.48 bits per heavy atom. The Labute approximate surface area is 297 Å². The van der Waals surface area contributed by atoms with Gasteiger partial charge in [-0.15, -0.1) is 0 Å². The second kappa shape index (κ2) is 14.1. The van der Waals surface area contributed by atoms with E-state index in [9.17, 15) is 14.7 Å². The number of aryl methyl sites for hydroxylation is 1. The van der Waals surface area contributed by atoms with Crippen molar-refractivity contribution < 1.29 is 24.2 Å². The van der Waals surface area contributed by atoms with Crippen LogP contribution in [0.4, 0.5) is 0 Å². The number of Topliss-reactive ketones (excluding diaryl/α,β-unsaturated/α-hetero) is 1. The van der Waals surface area contributed by atoms with Crippen molar-refractivity contribution in [3.8, 4) is 11.5 Å². The third-order valence-corrected chi connectivity index (χ3v) is 12.8. The molecule has 2 saturated carbocycles. The van der Waals surface area contributed by atoms with Gasteiger partial charge in [0.05, 0.1) is 19.3 Å². The first-order valence-corrected chi connectivity index (χ1v) is 19.2. The summed E-state index contributed by atoms with van der Waals surface area (Å²) in [5.74, 6) is 2.90. The Kier molecular flexibility index (Phi) is 9.47. The fraction of sp³-hybridized carbons (Fsp3) is 0.535. The highest BCUT2D eigenvalue weighted by molar-refractivity contribution is 5.96. The molecule has 1 N–H and O–H groups in total. The summed E-state index contributed by atoms with van der Waals surface area (Å²) in [5, 5.41) is 10.2. The van der Waals surface area contributed by atoms with Gasteiger partial charge in [-0.2, -0.15) is 0 Å². The maximum atomic E-state index is 14.4. The molecule has 5 aliphatic rings. The van der Waals surface area contributed by atoms with Gasteiger partial charge in [-0.05, 0) is 93.9 Å². The van der Waals surface area contributed by atoms with Crippen LogP contribution in [-0.2, 0) is 23.1 Å². The van der Waals surface area contributed by atoms with Gasteiger partial charge in [0.15, 0.2) is 17.3 Å². The number of hydrogen-bond acceptors (Lipinski definition) is 6. The van der Waals surface area contributed by atoms with Gasteiger partial charge in [-0.25, -0.2) is 0 Å². The molecule has 0 aromatic heterocycles. The Bertz CT molecular complexity index is 1680. The molecule has 2 bridgehead atoms. The minimum atomic E-state index is -0.145. The number of nitrogens with zero attached hydrogens (tertiary/aromatic N) is 2. The summed E-state index contributed by atoms with van der Waals surface area (Å²) in [5.41, 5.74) is 4.66. The zero-order valence-corrected chi connectivity index (χ0v) is 29.5. The Hall–Kier alpha value is -3.68. The minimum absolute atomic E-state index is 0.0121. The van der Waals surface area contributed by atoms with Crippen LogP contribution >= 0.6 is 0 Å². The molecule has 2 aliphatic heterocycles. The van der Waals surface area contributed by atoms with Crippen LogP contribution in [0.2, 0.25) is 0 Å². The molecular weight excluding hydrogens is 624 g/mol. The Balaban J connectivity index is 1.03. The summed E-state index contributed by atoms with van der Waals surface area (Å²) < 4.78 is 13.1. The van der Waals surface area contributed by atoms with Crippen molar-refractivity contribution in [2.24, 2.45) is 11.8 Å². The van der Waals surface area contributed by atoms with Gasteiger partial charge in [0.2, 0.25) is 5.91 Å². The number of ketones is 1. The van der Waals surface area contributed by atoms with Crippen LogP contribution in [0.3, 0.4) is 0 Å². The van der Waals surface area contributed by atoms with E-state index in [1.807, 2.05) is 30.3 Å². The fourth-order valence-electron chi connectivity index (χ4n) is 10.2. The topological polar surface area (TPSA) is 79.3 Å². The van der Waals surface area contributed by atoms with Crippen molar-refractivity contribution in [3.05, 3.63) is 95.1 Å². The molecule has 7 nitrogen and oxygen atoms in total. The fourth-order valence-corrected chi connectivity index (χ4v) is 10.2. The third-order valence-electron chi connectivity index (χ3n) is 12.8. The molecule has 0 radical (unpaired) electrons. The lowest BCUT2D eigenvalue weighted by Crippen LogP contribution is -2.69. The van der Waals surface area contributed by atoms with Crippen molar-refractivity contribution in [2.75, 3.05) is 26.7 Å². The number of piperidine rings is 1. The van der Waals surface area contributed by atoms with E-state index in [-0.39, 0.29) is 35.4 Å². The molecular formula is C43H52N2O5. The van der Waals surface area contributed by atoms with E-state index in [1.165, 1.54) is 16.7 Å². The lowest BCUT2D eigenvalue weighted by Gasteiger charge is -2.60. The zero-order valence-electron chi connectivity index (χ0n) is 29.5. The smallest absolute Gasteiger partial charge is 0.222 e. The van der Waals surface area contributed by atoms with Crippen molar-refractivity contribution >= 4 is 11.7 Å². The molecule has 3 aromatic carbocycles. The van der Waals surface area contributed by atoms with Crippen LogP contribution in [0, 0.1) is 11.8 Å². The molecule has 2 unspecified atom stereocenters. The van der Waals surface area contributed by atoms with Gasteiger partial charge in [-0.1, -0.05) is 66.7 Å². The molecule has 7 heteroatoms. The predicted octanol–water partition coefficient (Wildman–Crippen LogP) is 6.78. The minimum Gasteiger partial charge on any atom is -0.493 e. The Morgan fingerprint density at radius 1 is 0.960 bits per heavy atom. The van der Waals surface area contributed by atoms with E-state index >= 15 is 0 Å². The van der Waals surface area contributed by atoms with Crippen LogP contribution in [-0.4, -0.2) is 77.6 Å². The summed E-state index contributed by atoms with van der Waals surface area (Å²) in [6.07, 6.45) is 9.94. The maximum absolute atomic E-state index is 14.4. The number of ether oxygens (including phenoxy) is 2.